The minimum Gasteiger partial charge on any atom is -0.295 e. The van der Waals surface area contributed by atoms with Gasteiger partial charge < -0.3 is 0 Å². The molecule has 0 radical (unpaired) electrons. The maximum absolute atomic E-state index is 4.84. The molecule has 13 rings (SSSR count). The number of anilines is 6. The Bertz CT molecular complexity index is 3950. The van der Waals surface area contributed by atoms with Gasteiger partial charge >= 0.3 is 0 Å². The molecule has 0 fully saturated rings. The van der Waals surface area contributed by atoms with E-state index in [4.69, 9.17) is 9.97 Å². The lowest BCUT2D eigenvalue weighted by Gasteiger charge is -2.28. The molecule has 10 aromatic rings. The highest BCUT2D eigenvalue weighted by Gasteiger charge is 2.39. The highest BCUT2D eigenvalue weighted by molar-refractivity contribution is 5.90. The van der Waals surface area contributed by atoms with Crippen LogP contribution in [0.1, 0.15) is 150 Å². The number of rotatable bonds is 10. The lowest BCUT2D eigenvalue weighted by atomic mass is 9.81. The van der Waals surface area contributed by atoms with Gasteiger partial charge in [0.15, 0.2) is 0 Å². The van der Waals surface area contributed by atoms with Gasteiger partial charge in [0.2, 0.25) is 0 Å². The summed E-state index contributed by atoms with van der Waals surface area (Å²) in [7, 11) is 0. The van der Waals surface area contributed by atoms with Crippen molar-refractivity contribution < 1.29 is 0 Å². The molecule has 0 saturated carbocycles. The topological polar surface area (TPSA) is 32.3 Å². The fourth-order valence-electron chi connectivity index (χ4n) is 13.4. The molecule has 2 aromatic heterocycles. The van der Waals surface area contributed by atoms with Crippen molar-refractivity contribution in [1.29, 1.82) is 0 Å². The third-order valence-electron chi connectivity index (χ3n) is 18.3. The standard InChI is InChI=1S/C79H74N4/c1-75(2,3)55-27-31-57(32-28-55)82(73-17-13-15-43-80-73)59-35-41-65-63-39-25-53(47-69(63)78(9,10)71(65)49-59)21-19-51-23-37-61-62-38-24-52(46-68(62)77(7,8)67(61)45-51)20-22-54-26-40-64-66-42-36-60(50-72(66)79(11,12)70(64)48-54)83(74-18-14-16-44-81-74)58-33-29-56(30-34-58)76(4,5)6/h13-50H,1-12H3/b21-19+,22-20+. The van der Waals surface area contributed by atoms with E-state index in [1.165, 1.54) is 100 Å². The number of hydrogen-bond acceptors (Lipinski definition) is 4. The van der Waals surface area contributed by atoms with Gasteiger partial charge in [0, 0.05) is 51.4 Å². The second-order valence-electron chi connectivity index (χ2n) is 26.9. The molecule has 0 amide bonds. The summed E-state index contributed by atoms with van der Waals surface area (Å²) in [6.45, 7) is 27.8. The maximum Gasteiger partial charge on any atom is 0.137 e. The second kappa shape index (κ2) is 19.7. The minimum absolute atomic E-state index is 0.0711. The Kier molecular flexibility index (Phi) is 12.7. The molecular weight excluding hydrogens is 1000 g/mol. The molecule has 410 valence electrons. The van der Waals surface area contributed by atoms with Gasteiger partial charge in [0.25, 0.3) is 0 Å². The summed E-state index contributed by atoms with van der Waals surface area (Å²) in [6.07, 6.45) is 12.9. The van der Waals surface area contributed by atoms with Crippen molar-refractivity contribution in [1.82, 2.24) is 9.97 Å². The fraction of sp³-hybridized carbons (Fsp3) is 0.215. The number of benzene rings is 8. The van der Waals surface area contributed by atoms with Crippen LogP contribution in [0.5, 0.6) is 0 Å². The van der Waals surface area contributed by atoms with Crippen molar-refractivity contribution in [2.75, 3.05) is 9.80 Å². The van der Waals surface area contributed by atoms with Crippen molar-refractivity contribution in [3.63, 3.8) is 0 Å². The van der Waals surface area contributed by atoms with Gasteiger partial charge in [-0.2, -0.15) is 0 Å². The Balaban J connectivity index is 0.724. The van der Waals surface area contributed by atoms with E-state index in [2.05, 4.69) is 299 Å². The van der Waals surface area contributed by atoms with Crippen LogP contribution in [-0.4, -0.2) is 9.97 Å². The van der Waals surface area contributed by atoms with E-state index in [0.717, 1.165) is 34.4 Å². The molecule has 4 nitrogen and oxygen atoms in total. The van der Waals surface area contributed by atoms with Crippen LogP contribution in [0.3, 0.4) is 0 Å². The highest BCUT2D eigenvalue weighted by Crippen LogP contribution is 2.54. The largest absolute Gasteiger partial charge is 0.295 e. The Hall–Kier alpha value is -8.86. The predicted molar refractivity (Wildman–Crippen MR) is 352 cm³/mol. The molecule has 2 heterocycles. The Labute approximate surface area is 492 Å². The number of pyridine rings is 2. The quantitative estimate of drug-likeness (QED) is 0.128. The number of fused-ring (bicyclic) bond motifs is 9. The third-order valence-corrected chi connectivity index (χ3v) is 18.3. The highest BCUT2D eigenvalue weighted by atomic mass is 15.2. The van der Waals surface area contributed by atoms with E-state index in [1.807, 2.05) is 24.5 Å². The number of hydrogen-bond donors (Lipinski definition) is 0. The van der Waals surface area contributed by atoms with Gasteiger partial charge in [-0.05, 0) is 184 Å². The molecule has 0 unspecified atom stereocenters. The Morgan fingerprint density at radius 2 is 0.566 bits per heavy atom. The minimum atomic E-state index is -0.199. The van der Waals surface area contributed by atoms with Gasteiger partial charge in [0.1, 0.15) is 11.6 Å². The van der Waals surface area contributed by atoms with Gasteiger partial charge in [-0.15, -0.1) is 0 Å². The molecule has 3 aliphatic carbocycles. The van der Waals surface area contributed by atoms with Crippen LogP contribution in [0, 0.1) is 0 Å². The summed E-state index contributed by atoms with van der Waals surface area (Å²) in [5.41, 5.74) is 27.3. The first-order valence-electron chi connectivity index (χ1n) is 29.5. The van der Waals surface area contributed by atoms with Gasteiger partial charge in [0.05, 0.1) is 0 Å². The first-order chi connectivity index (χ1) is 39.6. The van der Waals surface area contributed by atoms with Crippen molar-refractivity contribution in [3.8, 4) is 33.4 Å². The van der Waals surface area contributed by atoms with Crippen molar-refractivity contribution >= 4 is 58.7 Å². The van der Waals surface area contributed by atoms with Crippen molar-refractivity contribution in [3.05, 3.63) is 273 Å². The van der Waals surface area contributed by atoms with E-state index >= 15 is 0 Å². The average molecular weight is 1080 g/mol. The lowest BCUT2D eigenvalue weighted by Crippen LogP contribution is -2.17. The summed E-state index contributed by atoms with van der Waals surface area (Å²) < 4.78 is 0. The number of nitrogens with zero attached hydrogens (tertiary/aromatic N) is 4. The van der Waals surface area contributed by atoms with Crippen LogP contribution < -0.4 is 9.80 Å². The SMILES string of the molecule is CC(C)(C)c1ccc(N(c2ccc3c(c2)C(C)(C)c2cc(/C=C/c4ccc5c(c4)C(C)(C)c4cc(/C=C/c6ccc7c(c6)C(C)(C)c6cc(N(c8ccc(C(C)(C)C)cc8)c8ccccn8)ccc6-7)ccc4-5)ccc2-3)c2ccccn2)cc1. The molecule has 8 aromatic carbocycles. The molecule has 0 saturated heterocycles. The van der Waals surface area contributed by atoms with E-state index in [0.29, 0.717) is 0 Å². The summed E-state index contributed by atoms with van der Waals surface area (Å²) in [4.78, 5) is 14.2. The molecule has 83 heavy (non-hydrogen) atoms. The average Bonchev–Trinajstić information content (AvgIpc) is 3.95. The smallest absolute Gasteiger partial charge is 0.137 e. The molecular formula is C79H74N4. The zero-order valence-electron chi connectivity index (χ0n) is 50.2. The Morgan fingerprint density at radius 3 is 0.831 bits per heavy atom. The summed E-state index contributed by atoms with van der Waals surface area (Å²) in [6, 6.07) is 72.2. The maximum atomic E-state index is 4.84. The molecule has 0 N–H and O–H groups in total. The zero-order valence-corrected chi connectivity index (χ0v) is 50.2. The second-order valence-corrected chi connectivity index (χ2v) is 26.9. The van der Waals surface area contributed by atoms with Gasteiger partial charge in [-0.1, -0.05) is 229 Å². The molecule has 0 aliphatic heterocycles. The first kappa shape index (κ1) is 53.5. The predicted octanol–water partition coefficient (Wildman–Crippen LogP) is 21.3. The molecule has 3 aliphatic rings. The summed E-state index contributed by atoms with van der Waals surface area (Å²) >= 11 is 0. The third kappa shape index (κ3) is 9.33. The summed E-state index contributed by atoms with van der Waals surface area (Å²) in [5.74, 6) is 1.80. The number of aromatic nitrogens is 2. The van der Waals surface area contributed by atoms with Crippen LogP contribution in [0.2, 0.25) is 0 Å². The fourth-order valence-corrected chi connectivity index (χ4v) is 13.4. The molecule has 0 bridgehead atoms. The first-order valence-corrected chi connectivity index (χ1v) is 29.5. The zero-order chi connectivity index (χ0) is 57.8. The van der Waals surface area contributed by atoms with Gasteiger partial charge in [-0.25, -0.2) is 9.97 Å². The van der Waals surface area contributed by atoms with Crippen LogP contribution in [0.15, 0.2) is 207 Å². The van der Waals surface area contributed by atoms with E-state index in [-0.39, 0.29) is 27.1 Å². The van der Waals surface area contributed by atoms with E-state index in [9.17, 15) is 0 Å². The van der Waals surface area contributed by atoms with E-state index < -0.39 is 0 Å². The van der Waals surface area contributed by atoms with Crippen molar-refractivity contribution in [2.45, 2.75) is 110 Å². The normalized spacial score (nSPS) is 14.9. The van der Waals surface area contributed by atoms with Crippen molar-refractivity contribution in [2.24, 2.45) is 0 Å². The van der Waals surface area contributed by atoms with E-state index in [1.54, 1.807) is 0 Å². The van der Waals surface area contributed by atoms with Crippen LogP contribution >= 0.6 is 0 Å². The van der Waals surface area contributed by atoms with Crippen LogP contribution in [0.4, 0.5) is 34.4 Å². The molecule has 4 heteroatoms. The lowest BCUT2D eigenvalue weighted by molar-refractivity contribution is 0.590. The van der Waals surface area contributed by atoms with Crippen LogP contribution in [-0.2, 0) is 27.1 Å². The molecule has 0 spiro atoms. The van der Waals surface area contributed by atoms with Crippen LogP contribution in [0.25, 0.3) is 57.7 Å². The molecule has 0 atom stereocenters. The van der Waals surface area contributed by atoms with Gasteiger partial charge in [-0.3, -0.25) is 9.80 Å². The Morgan fingerprint density at radius 1 is 0.301 bits per heavy atom. The summed E-state index contributed by atoms with van der Waals surface area (Å²) in [5, 5.41) is 0. The monoisotopic (exact) mass is 1080 g/mol.